The molecule has 3 aromatic carbocycles. The van der Waals surface area contributed by atoms with E-state index in [1.54, 1.807) is 24.3 Å². The molecule has 0 spiro atoms. The Kier molecular flexibility index (Phi) is 4.27. The lowest BCUT2D eigenvalue weighted by Gasteiger charge is -2.11. The number of hydrogen-bond donors (Lipinski definition) is 0. The highest BCUT2D eigenvalue weighted by molar-refractivity contribution is 7.24. The zero-order valence-electron chi connectivity index (χ0n) is 14.2. The molecule has 3 nitrogen and oxygen atoms in total. The fraction of sp³-hybridized carbons (Fsp3) is 0.0909. The van der Waals surface area contributed by atoms with Gasteiger partial charge in [0.25, 0.3) is 0 Å². The van der Waals surface area contributed by atoms with Gasteiger partial charge in [0.05, 0.1) is 12.2 Å². The summed E-state index contributed by atoms with van der Waals surface area (Å²) in [6, 6.07) is 20.8. The Bertz CT molecular complexity index is 1180. The molecule has 1 aromatic heterocycles. The van der Waals surface area contributed by atoms with E-state index in [-0.39, 0.29) is 12.0 Å². The van der Waals surface area contributed by atoms with Gasteiger partial charge < -0.3 is 4.74 Å². The van der Waals surface area contributed by atoms with Crippen LogP contribution in [0.15, 0.2) is 71.5 Å². The minimum Gasteiger partial charge on any atom is -0.462 e. The number of carbonyl (C=O) groups is 1. The quantitative estimate of drug-likeness (QED) is 0.370. The van der Waals surface area contributed by atoms with Crippen LogP contribution < -0.4 is 5.43 Å². The van der Waals surface area contributed by atoms with E-state index >= 15 is 0 Å². The molecule has 26 heavy (non-hydrogen) atoms. The summed E-state index contributed by atoms with van der Waals surface area (Å²) in [5.74, 6) is -0.411. The van der Waals surface area contributed by atoms with Crippen LogP contribution in [0.5, 0.6) is 0 Å². The second-order valence-electron chi connectivity index (χ2n) is 5.91. The number of carbonyl (C=O) groups excluding carboxylic acids is 1. The summed E-state index contributed by atoms with van der Waals surface area (Å²) < 4.78 is 7.03. The average molecular weight is 360 g/mol. The highest BCUT2D eigenvalue weighted by Gasteiger charge is 2.17. The van der Waals surface area contributed by atoms with Gasteiger partial charge in [-0.15, -0.1) is 11.3 Å². The zero-order valence-corrected chi connectivity index (χ0v) is 15.0. The summed E-state index contributed by atoms with van der Waals surface area (Å²) in [6.07, 6.45) is 0. The molecule has 0 N–H and O–H groups in total. The van der Waals surface area contributed by atoms with E-state index in [1.165, 1.54) is 0 Å². The maximum absolute atomic E-state index is 12.9. The molecule has 0 aliphatic carbocycles. The molecule has 1 heterocycles. The third-order valence-corrected chi connectivity index (χ3v) is 5.43. The summed E-state index contributed by atoms with van der Waals surface area (Å²) in [5.41, 5.74) is 2.07. The van der Waals surface area contributed by atoms with Crippen LogP contribution in [0.2, 0.25) is 0 Å². The third kappa shape index (κ3) is 2.78. The predicted octanol–water partition coefficient (Wildman–Crippen LogP) is 5.26. The molecule has 0 radical (unpaired) electrons. The average Bonchev–Trinajstić information content (AvgIpc) is 2.68. The smallest absolute Gasteiger partial charge is 0.338 e. The maximum Gasteiger partial charge on any atom is 0.338 e. The van der Waals surface area contributed by atoms with Gasteiger partial charge in [0.2, 0.25) is 0 Å². The molecule has 4 aromatic rings. The van der Waals surface area contributed by atoms with Crippen molar-refractivity contribution in [2.75, 3.05) is 6.61 Å². The molecule has 0 saturated heterocycles. The van der Waals surface area contributed by atoms with Gasteiger partial charge in [0, 0.05) is 20.2 Å². The van der Waals surface area contributed by atoms with Crippen LogP contribution in [0.4, 0.5) is 0 Å². The Balaban J connectivity index is 2.08. The van der Waals surface area contributed by atoms with E-state index in [4.69, 9.17) is 4.74 Å². The molecule has 0 bridgehead atoms. The fourth-order valence-electron chi connectivity index (χ4n) is 3.08. The first-order valence-electron chi connectivity index (χ1n) is 8.41. The van der Waals surface area contributed by atoms with Crippen LogP contribution in [0.25, 0.3) is 31.3 Å². The normalized spacial score (nSPS) is 11.0. The van der Waals surface area contributed by atoms with Crippen molar-refractivity contribution in [3.63, 3.8) is 0 Å². The van der Waals surface area contributed by atoms with Gasteiger partial charge in [-0.3, -0.25) is 4.79 Å². The molecular formula is C22H16O3S. The van der Waals surface area contributed by atoms with E-state index in [9.17, 15) is 9.59 Å². The summed E-state index contributed by atoms with van der Waals surface area (Å²) in [7, 11) is 0. The van der Waals surface area contributed by atoms with Crippen LogP contribution in [0, 0.1) is 0 Å². The number of ether oxygens (including phenoxy) is 1. The van der Waals surface area contributed by atoms with Crippen molar-refractivity contribution >= 4 is 37.5 Å². The summed E-state index contributed by atoms with van der Waals surface area (Å²) in [5, 5.41) is 1.23. The first kappa shape index (κ1) is 16.5. The molecule has 0 amide bonds. The van der Waals surface area contributed by atoms with Gasteiger partial charge in [0.1, 0.15) is 0 Å². The van der Waals surface area contributed by atoms with Gasteiger partial charge >= 0.3 is 5.97 Å². The summed E-state index contributed by atoms with van der Waals surface area (Å²) >= 11 is 1.56. The first-order valence-corrected chi connectivity index (χ1v) is 9.23. The Morgan fingerprint density at radius 2 is 1.65 bits per heavy atom. The van der Waals surface area contributed by atoms with Crippen LogP contribution in [-0.2, 0) is 4.74 Å². The fourth-order valence-corrected chi connectivity index (χ4v) is 4.18. The summed E-state index contributed by atoms with van der Waals surface area (Å²) in [6.45, 7) is 2.06. The van der Waals surface area contributed by atoms with Gasteiger partial charge in [-0.1, -0.05) is 42.5 Å². The molecular weight excluding hydrogens is 344 g/mol. The molecule has 0 atom stereocenters. The highest BCUT2D eigenvalue weighted by Crippen LogP contribution is 2.32. The molecule has 0 aliphatic rings. The Morgan fingerprint density at radius 3 is 2.42 bits per heavy atom. The van der Waals surface area contributed by atoms with Crippen molar-refractivity contribution in [2.24, 2.45) is 0 Å². The van der Waals surface area contributed by atoms with E-state index in [1.807, 2.05) is 60.7 Å². The van der Waals surface area contributed by atoms with Gasteiger partial charge in [-0.25, -0.2) is 4.79 Å². The van der Waals surface area contributed by atoms with Crippen molar-refractivity contribution in [2.45, 2.75) is 6.92 Å². The second-order valence-corrected chi connectivity index (χ2v) is 6.99. The van der Waals surface area contributed by atoms with E-state index in [0.717, 1.165) is 20.5 Å². The number of rotatable bonds is 3. The lowest BCUT2D eigenvalue weighted by atomic mass is 9.98. The topological polar surface area (TPSA) is 43.4 Å². The zero-order chi connectivity index (χ0) is 18.1. The molecule has 4 heteroatoms. The third-order valence-electron chi connectivity index (χ3n) is 4.30. The Labute approximate surface area is 154 Å². The number of benzene rings is 3. The van der Waals surface area contributed by atoms with Gasteiger partial charge in [-0.05, 0) is 42.3 Å². The Hall–Kier alpha value is -2.98. The largest absolute Gasteiger partial charge is 0.462 e. The SMILES string of the molecule is CCOC(=O)c1cc2c(=O)c3ccccc3sc2cc1-c1ccccc1. The van der Waals surface area contributed by atoms with E-state index in [2.05, 4.69) is 0 Å². The summed E-state index contributed by atoms with van der Waals surface area (Å²) in [4.78, 5) is 25.5. The maximum atomic E-state index is 12.9. The molecule has 0 saturated carbocycles. The molecule has 0 fully saturated rings. The van der Waals surface area contributed by atoms with Crippen LogP contribution in [0.1, 0.15) is 17.3 Å². The lowest BCUT2D eigenvalue weighted by Crippen LogP contribution is -2.09. The van der Waals surface area contributed by atoms with E-state index in [0.29, 0.717) is 16.3 Å². The molecule has 0 aliphatic heterocycles. The highest BCUT2D eigenvalue weighted by atomic mass is 32.1. The van der Waals surface area contributed by atoms with Crippen LogP contribution in [0.3, 0.4) is 0 Å². The monoisotopic (exact) mass is 360 g/mol. The number of hydrogen-bond acceptors (Lipinski definition) is 4. The number of fused-ring (bicyclic) bond motifs is 2. The first-order chi connectivity index (χ1) is 12.7. The second kappa shape index (κ2) is 6.73. The van der Waals surface area contributed by atoms with Crippen molar-refractivity contribution in [3.05, 3.63) is 82.5 Å². The van der Waals surface area contributed by atoms with Crippen molar-refractivity contribution in [1.82, 2.24) is 0 Å². The molecule has 128 valence electrons. The standard InChI is InChI=1S/C22H16O3S/c1-2-25-22(24)17-12-18-20(13-16(17)14-8-4-3-5-9-14)26-19-11-7-6-10-15(19)21(18)23/h3-13H,2H2,1H3. The van der Waals surface area contributed by atoms with Gasteiger partial charge in [-0.2, -0.15) is 0 Å². The van der Waals surface area contributed by atoms with Crippen LogP contribution in [-0.4, -0.2) is 12.6 Å². The van der Waals surface area contributed by atoms with Crippen molar-refractivity contribution < 1.29 is 9.53 Å². The van der Waals surface area contributed by atoms with Crippen molar-refractivity contribution in [1.29, 1.82) is 0 Å². The van der Waals surface area contributed by atoms with Crippen LogP contribution >= 0.6 is 11.3 Å². The van der Waals surface area contributed by atoms with E-state index < -0.39 is 5.97 Å². The van der Waals surface area contributed by atoms with Gasteiger partial charge in [0.15, 0.2) is 5.43 Å². The minimum absolute atomic E-state index is 0.0560. The number of esters is 1. The molecule has 0 unspecified atom stereocenters. The van der Waals surface area contributed by atoms with Crippen molar-refractivity contribution in [3.8, 4) is 11.1 Å². The molecule has 4 rings (SSSR count). The Morgan fingerprint density at radius 1 is 0.923 bits per heavy atom. The predicted molar refractivity (Wildman–Crippen MR) is 107 cm³/mol. The minimum atomic E-state index is -0.411. The lowest BCUT2D eigenvalue weighted by molar-refractivity contribution is 0.0527.